The second kappa shape index (κ2) is 9.61. The van der Waals surface area contributed by atoms with Gasteiger partial charge in [0.05, 0.1) is 6.67 Å². The van der Waals surface area contributed by atoms with E-state index < -0.39 is 30.4 Å². The molecule has 0 aromatic heterocycles. The van der Waals surface area contributed by atoms with E-state index in [-0.39, 0.29) is 5.56 Å². The summed E-state index contributed by atoms with van der Waals surface area (Å²) in [6, 6.07) is 12.6. The predicted octanol–water partition coefficient (Wildman–Crippen LogP) is 1.56. The summed E-state index contributed by atoms with van der Waals surface area (Å²) in [5, 5.41) is 11.1. The lowest BCUT2D eigenvalue weighted by Gasteiger charge is -2.25. The molecule has 0 saturated heterocycles. The topological polar surface area (TPSA) is 98.7 Å². The van der Waals surface area contributed by atoms with Crippen LogP contribution in [0.1, 0.15) is 15.9 Å². The molecule has 0 saturated carbocycles. The molecule has 148 valence electrons. The third-order valence-corrected chi connectivity index (χ3v) is 4.36. The summed E-state index contributed by atoms with van der Waals surface area (Å²) in [4.78, 5) is 37.3. The van der Waals surface area contributed by atoms with Gasteiger partial charge in [0.2, 0.25) is 0 Å². The van der Waals surface area contributed by atoms with Gasteiger partial charge in [0.15, 0.2) is 6.04 Å². The molecule has 0 aliphatic carbocycles. The number of hydroxylamine groups is 1. The minimum absolute atomic E-state index is 0.278. The Kier molecular flexibility index (Phi) is 7.22. The standard InChI is InChI=1S/C20H22FN3O4/c1-22-18(25)17(19(26)23-28)24(2)20(27)16-9-7-15(8-10-16)14-5-3-13(4-6-14)11-12-21/h3-10,17,28H,11-12H2,1-2H3,(H,22,25)(H,23,26). The van der Waals surface area contributed by atoms with E-state index in [1.165, 1.54) is 19.6 Å². The molecule has 2 aromatic rings. The van der Waals surface area contributed by atoms with E-state index in [9.17, 15) is 18.8 Å². The van der Waals surface area contributed by atoms with Gasteiger partial charge in [0, 0.05) is 26.1 Å². The minimum atomic E-state index is -1.51. The predicted molar refractivity (Wildman–Crippen MR) is 101 cm³/mol. The number of carbonyl (C=O) groups excluding carboxylic acids is 3. The lowest BCUT2D eigenvalue weighted by atomic mass is 10.0. The first-order valence-electron chi connectivity index (χ1n) is 8.61. The SMILES string of the molecule is CNC(=O)C(C(=O)NO)N(C)C(=O)c1ccc(-c2ccc(CCF)cc2)cc1. The number of carbonyl (C=O) groups is 3. The molecule has 28 heavy (non-hydrogen) atoms. The van der Waals surface area contributed by atoms with Gasteiger partial charge in [-0.25, -0.2) is 5.48 Å². The molecule has 0 aliphatic heterocycles. The van der Waals surface area contributed by atoms with Crippen LogP contribution in [0, 0.1) is 0 Å². The average Bonchev–Trinajstić information content (AvgIpc) is 2.73. The largest absolute Gasteiger partial charge is 0.357 e. The van der Waals surface area contributed by atoms with Crippen molar-refractivity contribution in [3.8, 4) is 11.1 Å². The van der Waals surface area contributed by atoms with Crippen molar-refractivity contribution >= 4 is 17.7 Å². The molecule has 0 spiro atoms. The second-order valence-electron chi connectivity index (χ2n) is 6.12. The van der Waals surface area contributed by atoms with Gasteiger partial charge in [-0.3, -0.25) is 24.0 Å². The molecule has 3 N–H and O–H groups in total. The third kappa shape index (κ3) is 4.72. The van der Waals surface area contributed by atoms with Crippen molar-refractivity contribution in [2.24, 2.45) is 0 Å². The molecule has 0 bridgehead atoms. The Bertz CT molecular complexity index is 822. The fraction of sp³-hybridized carbons (Fsp3) is 0.250. The summed E-state index contributed by atoms with van der Waals surface area (Å²) in [7, 11) is 2.63. The smallest absolute Gasteiger partial charge is 0.275 e. The highest BCUT2D eigenvalue weighted by Crippen LogP contribution is 2.21. The highest BCUT2D eigenvalue weighted by molar-refractivity contribution is 6.08. The summed E-state index contributed by atoms with van der Waals surface area (Å²) in [6.45, 7) is -0.408. The van der Waals surface area contributed by atoms with Crippen LogP contribution in [0.3, 0.4) is 0 Å². The molecule has 0 heterocycles. The molecule has 0 radical (unpaired) electrons. The Morgan fingerprint density at radius 1 is 1.00 bits per heavy atom. The minimum Gasteiger partial charge on any atom is -0.357 e. The van der Waals surface area contributed by atoms with Crippen molar-refractivity contribution in [2.75, 3.05) is 20.8 Å². The van der Waals surface area contributed by atoms with E-state index >= 15 is 0 Å². The summed E-state index contributed by atoms with van der Waals surface area (Å²) >= 11 is 0. The van der Waals surface area contributed by atoms with E-state index in [1.54, 1.807) is 24.3 Å². The first-order chi connectivity index (χ1) is 13.4. The first kappa shape index (κ1) is 21.0. The van der Waals surface area contributed by atoms with E-state index in [4.69, 9.17) is 5.21 Å². The highest BCUT2D eigenvalue weighted by Gasteiger charge is 2.33. The van der Waals surface area contributed by atoms with Gasteiger partial charge >= 0.3 is 0 Å². The number of likely N-dealkylation sites (N-methyl/N-ethyl adjacent to an activating group) is 2. The van der Waals surface area contributed by atoms with Gasteiger partial charge in [-0.15, -0.1) is 0 Å². The number of nitrogens with zero attached hydrogens (tertiary/aromatic N) is 1. The number of hydrogen-bond acceptors (Lipinski definition) is 4. The Labute approximate surface area is 162 Å². The zero-order valence-electron chi connectivity index (χ0n) is 15.6. The van der Waals surface area contributed by atoms with Gasteiger partial charge in [-0.05, 0) is 28.8 Å². The van der Waals surface area contributed by atoms with Crippen molar-refractivity contribution < 1.29 is 24.0 Å². The van der Waals surface area contributed by atoms with Crippen LogP contribution in [0.2, 0.25) is 0 Å². The van der Waals surface area contributed by atoms with Crippen molar-refractivity contribution in [3.05, 3.63) is 59.7 Å². The van der Waals surface area contributed by atoms with Crippen molar-refractivity contribution in [1.29, 1.82) is 0 Å². The van der Waals surface area contributed by atoms with Crippen LogP contribution < -0.4 is 10.8 Å². The fourth-order valence-electron chi connectivity index (χ4n) is 2.77. The Morgan fingerprint density at radius 2 is 1.54 bits per heavy atom. The van der Waals surface area contributed by atoms with Crippen LogP contribution in [-0.4, -0.2) is 54.6 Å². The molecule has 7 nitrogen and oxygen atoms in total. The average molecular weight is 387 g/mol. The molecule has 8 heteroatoms. The lowest BCUT2D eigenvalue weighted by Crippen LogP contribution is -2.54. The summed E-state index contributed by atoms with van der Waals surface area (Å²) < 4.78 is 12.4. The molecular formula is C20H22FN3O4. The van der Waals surface area contributed by atoms with Gasteiger partial charge in [0.1, 0.15) is 0 Å². The summed E-state index contributed by atoms with van der Waals surface area (Å²) in [6.07, 6.45) is 0.369. The van der Waals surface area contributed by atoms with E-state index in [2.05, 4.69) is 5.32 Å². The lowest BCUT2D eigenvalue weighted by molar-refractivity contribution is -0.140. The van der Waals surface area contributed by atoms with Gasteiger partial charge in [0.25, 0.3) is 17.7 Å². The number of halogens is 1. The Hall–Kier alpha value is -3.26. The molecule has 1 unspecified atom stereocenters. The number of aryl methyl sites for hydroxylation is 1. The Balaban J connectivity index is 2.20. The number of hydrogen-bond donors (Lipinski definition) is 3. The van der Waals surface area contributed by atoms with Gasteiger partial charge in [-0.1, -0.05) is 36.4 Å². The van der Waals surface area contributed by atoms with Crippen molar-refractivity contribution in [1.82, 2.24) is 15.7 Å². The molecule has 2 rings (SSSR count). The Morgan fingerprint density at radius 3 is 2.00 bits per heavy atom. The number of alkyl halides is 1. The maximum Gasteiger partial charge on any atom is 0.275 e. The zero-order valence-corrected chi connectivity index (χ0v) is 15.6. The summed E-state index contributed by atoms with van der Waals surface area (Å²) in [5.41, 5.74) is 4.35. The number of nitrogens with one attached hydrogen (secondary N) is 2. The van der Waals surface area contributed by atoms with Crippen molar-refractivity contribution in [2.45, 2.75) is 12.5 Å². The highest BCUT2D eigenvalue weighted by atomic mass is 19.1. The van der Waals surface area contributed by atoms with E-state index in [0.29, 0.717) is 6.42 Å². The molecule has 2 aromatic carbocycles. The first-order valence-corrected chi connectivity index (χ1v) is 8.61. The third-order valence-electron chi connectivity index (χ3n) is 4.36. The molecule has 0 fully saturated rings. The van der Waals surface area contributed by atoms with Gasteiger partial charge < -0.3 is 10.2 Å². The monoisotopic (exact) mass is 387 g/mol. The molecule has 1 atom stereocenters. The molecule has 3 amide bonds. The van der Waals surface area contributed by atoms with Gasteiger partial charge in [-0.2, -0.15) is 0 Å². The number of rotatable bonds is 7. The van der Waals surface area contributed by atoms with Crippen LogP contribution in [-0.2, 0) is 16.0 Å². The van der Waals surface area contributed by atoms with Crippen LogP contribution in [0.4, 0.5) is 4.39 Å². The maximum absolute atomic E-state index is 12.6. The second-order valence-corrected chi connectivity index (χ2v) is 6.12. The van der Waals surface area contributed by atoms with Crippen LogP contribution in [0.5, 0.6) is 0 Å². The van der Waals surface area contributed by atoms with E-state index in [0.717, 1.165) is 21.6 Å². The quantitative estimate of drug-likeness (QED) is 0.381. The zero-order chi connectivity index (χ0) is 20.7. The van der Waals surface area contributed by atoms with E-state index in [1.807, 2.05) is 24.3 Å². The fourth-order valence-corrected chi connectivity index (χ4v) is 2.77. The summed E-state index contributed by atoms with van der Waals surface area (Å²) in [5.74, 6) is -2.30. The van der Waals surface area contributed by atoms with Crippen LogP contribution >= 0.6 is 0 Å². The number of benzene rings is 2. The van der Waals surface area contributed by atoms with Crippen molar-refractivity contribution in [3.63, 3.8) is 0 Å². The number of amides is 3. The molecule has 0 aliphatic rings. The maximum atomic E-state index is 12.6. The molecular weight excluding hydrogens is 365 g/mol. The van der Waals surface area contributed by atoms with Crippen LogP contribution in [0.25, 0.3) is 11.1 Å². The normalized spacial score (nSPS) is 11.4. The van der Waals surface area contributed by atoms with Crippen LogP contribution in [0.15, 0.2) is 48.5 Å².